The number of nitrogens with zero attached hydrogens (tertiary/aromatic N) is 5. The molecule has 0 spiro atoms. The summed E-state index contributed by atoms with van der Waals surface area (Å²) < 4.78 is 3.80. The lowest BCUT2D eigenvalue weighted by Gasteiger charge is -2.26. The number of benzene rings is 1. The van der Waals surface area contributed by atoms with Crippen molar-refractivity contribution in [1.29, 1.82) is 0 Å². The molecule has 24 heavy (non-hydrogen) atoms. The Morgan fingerprint density at radius 2 is 2.12 bits per heavy atom. The molecule has 0 aliphatic carbocycles. The molecular weight excluding hydrogens is 302 g/mol. The van der Waals surface area contributed by atoms with Crippen LogP contribution in [-0.2, 0) is 6.54 Å². The topological polar surface area (TPSA) is 72.6 Å². The Kier molecular flexibility index (Phi) is 4.00. The van der Waals surface area contributed by atoms with Crippen LogP contribution >= 0.6 is 0 Å². The average molecular weight is 323 g/mol. The first kappa shape index (κ1) is 14.9. The summed E-state index contributed by atoms with van der Waals surface area (Å²) in [5.74, 6) is 1.65. The Morgan fingerprint density at radius 1 is 1.25 bits per heavy atom. The van der Waals surface area contributed by atoms with E-state index in [1.54, 1.807) is 17.3 Å². The Balaban J connectivity index is 1.34. The molecule has 0 saturated carbocycles. The molecule has 2 atom stereocenters. The SMILES string of the molecule is C[C@H](NC[C@H]1CNc2ccnn2C1)c1ccc(-n2cncn2)cc1. The molecule has 4 rings (SSSR count). The second-order valence-electron chi connectivity index (χ2n) is 6.21. The number of anilines is 1. The van der Waals surface area contributed by atoms with Crippen LogP contribution in [0.2, 0.25) is 0 Å². The lowest BCUT2D eigenvalue weighted by Crippen LogP contribution is -2.36. The van der Waals surface area contributed by atoms with Crippen LogP contribution in [0.3, 0.4) is 0 Å². The minimum atomic E-state index is 0.300. The number of hydrogen-bond acceptors (Lipinski definition) is 5. The first-order valence-corrected chi connectivity index (χ1v) is 8.23. The van der Waals surface area contributed by atoms with Gasteiger partial charge < -0.3 is 10.6 Å². The summed E-state index contributed by atoms with van der Waals surface area (Å²) in [6.45, 7) is 5.09. The minimum absolute atomic E-state index is 0.300. The molecule has 0 bridgehead atoms. The van der Waals surface area contributed by atoms with Crippen LogP contribution in [0.4, 0.5) is 5.82 Å². The van der Waals surface area contributed by atoms with Crippen LogP contribution < -0.4 is 10.6 Å². The molecule has 3 aromatic rings. The van der Waals surface area contributed by atoms with Crippen molar-refractivity contribution in [2.45, 2.75) is 19.5 Å². The summed E-state index contributed by atoms with van der Waals surface area (Å²) in [7, 11) is 0. The highest BCUT2D eigenvalue weighted by Crippen LogP contribution is 2.18. The summed E-state index contributed by atoms with van der Waals surface area (Å²) >= 11 is 0. The average Bonchev–Trinajstić information content (AvgIpc) is 3.31. The molecule has 3 heterocycles. The van der Waals surface area contributed by atoms with Gasteiger partial charge >= 0.3 is 0 Å². The van der Waals surface area contributed by atoms with Gasteiger partial charge in [0.25, 0.3) is 0 Å². The van der Waals surface area contributed by atoms with Crippen LogP contribution in [-0.4, -0.2) is 37.6 Å². The van der Waals surface area contributed by atoms with Gasteiger partial charge in [-0.2, -0.15) is 10.2 Å². The summed E-state index contributed by atoms with van der Waals surface area (Å²) in [5, 5.41) is 15.5. The molecule has 0 radical (unpaired) electrons. The van der Waals surface area contributed by atoms with Gasteiger partial charge in [-0.1, -0.05) is 12.1 Å². The standard InChI is InChI=1S/C17H21N7/c1-13(15-2-4-16(5-3-15)24-12-18-11-22-24)19-8-14-9-20-17-6-7-21-23(17)10-14/h2-7,11-14,19-20H,8-10H2,1H3/t13-,14-/m0/s1. The highest BCUT2D eigenvalue weighted by atomic mass is 15.3. The maximum Gasteiger partial charge on any atom is 0.138 e. The zero-order chi connectivity index (χ0) is 16.4. The predicted molar refractivity (Wildman–Crippen MR) is 92.0 cm³/mol. The second kappa shape index (κ2) is 6.45. The van der Waals surface area contributed by atoms with E-state index < -0.39 is 0 Å². The van der Waals surface area contributed by atoms with Gasteiger partial charge in [-0.3, -0.25) is 0 Å². The van der Waals surface area contributed by atoms with Crippen LogP contribution in [0.1, 0.15) is 18.5 Å². The van der Waals surface area contributed by atoms with Crippen molar-refractivity contribution in [3.05, 3.63) is 54.7 Å². The third-order valence-electron chi connectivity index (χ3n) is 4.51. The maximum atomic E-state index is 4.34. The molecule has 1 aliphatic heterocycles. The van der Waals surface area contributed by atoms with E-state index in [1.165, 1.54) is 5.56 Å². The molecule has 2 aromatic heterocycles. The molecule has 1 aliphatic rings. The predicted octanol–water partition coefficient (Wildman–Crippen LogP) is 1.86. The van der Waals surface area contributed by atoms with Gasteiger partial charge in [0.05, 0.1) is 11.9 Å². The van der Waals surface area contributed by atoms with E-state index in [1.807, 2.05) is 16.9 Å². The Bertz CT molecular complexity index is 776. The molecule has 7 nitrogen and oxygen atoms in total. The summed E-state index contributed by atoms with van der Waals surface area (Å²) in [6, 6.07) is 10.7. The van der Waals surface area contributed by atoms with E-state index in [9.17, 15) is 0 Å². The van der Waals surface area contributed by atoms with Gasteiger partial charge in [-0.15, -0.1) is 0 Å². The quantitative estimate of drug-likeness (QED) is 0.750. The van der Waals surface area contributed by atoms with Gasteiger partial charge in [0.2, 0.25) is 0 Å². The number of aromatic nitrogens is 5. The fourth-order valence-electron chi connectivity index (χ4n) is 3.04. The highest BCUT2D eigenvalue weighted by molar-refractivity contribution is 5.36. The van der Waals surface area contributed by atoms with Crippen LogP contribution in [0, 0.1) is 5.92 Å². The van der Waals surface area contributed by atoms with Crippen molar-refractivity contribution in [2.24, 2.45) is 5.92 Å². The third-order valence-corrected chi connectivity index (χ3v) is 4.51. The van der Waals surface area contributed by atoms with Gasteiger partial charge in [-0.25, -0.2) is 14.3 Å². The van der Waals surface area contributed by atoms with Crippen LogP contribution in [0.25, 0.3) is 5.69 Å². The van der Waals surface area contributed by atoms with Crippen LogP contribution in [0.15, 0.2) is 49.2 Å². The smallest absolute Gasteiger partial charge is 0.138 e. The summed E-state index contributed by atoms with van der Waals surface area (Å²) in [4.78, 5) is 3.98. The van der Waals surface area contributed by atoms with E-state index in [4.69, 9.17) is 0 Å². The number of hydrogen-bond donors (Lipinski definition) is 2. The molecule has 0 amide bonds. The van der Waals surface area contributed by atoms with Gasteiger partial charge in [0, 0.05) is 37.7 Å². The molecule has 124 valence electrons. The highest BCUT2D eigenvalue weighted by Gasteiger charge is 2.18. The molecule has 7 heteroatoms. The van der Waals surface area contributed by atoms with Crippen molar-refractivity contribution in [1.82, 2.24) is 29.9 Å². The zero-order valence-corrected chi connectivity index (χ0v) is 13.6. The zero-order valence-electron chi connectivity index (χ0n) is 13.6. The number of nitrogens with one attached hydrogen (secondary N) is 2. The van der Waals surface area contributed by atoms with E-state index in [0.29, 0.717) is 12.0 Å². The van der Waals surface area contributed by atoms with Gasteiger partial charge in [0.1, 0.15) is 18.5 Å². The summed E-state index contributed by atoms with van der Waals surface area (Å²) in [5.41, 5.74) is 2.29. The molecule has 0 unspecified atom stereocenters. The minimum Gasteiger partial charge on any atom is -0.370 e. The van der Waals surface area contributed by atoms with E-state index in [-0.39, 0.29) is 0 Å². The van der Waals surface area contributed by atoms with Crippen molar-refractivity contribution in [2.75, 3.05) is 18.4 Å². The number of rotatable bonds is 5. The maximum absolute atomic E-state index is 4.34. The molecule has 0 fully saturated rings. The molecule has 2 N–H and O–H groups in total. The second-order valence-corrected chi connectivity index (χ2v) is 6.21. The fraction of sp³-hybridized carbons (Fsp3) is 0.353. The van der Waals surface area contributed by atoms with E-state index in [0.717, 1.165) is 31.1 Å². The van der Waals surface area contributed by atoms with Crippen molar-refractivity contribution in [3.63, 3.8) is 0 Å². The lowest BCUT2D eigenvalue weighted by molar-refractivity contribution is 0.376. The Labute approximate surface area is 140 Å². The normalized spacial score (nSPS) is 18.0. The number of fused-ring (bicyclic) bond motifs is 1. The molecule has 0 saturated heterocycles. The molecule has 1 aromatic carbocycles. The van der Waals surface area contributed by atoms with Gasteiger partial charge in [0.15, 0.2) is 0 Å². The third kappa shape index (κ3) is 3.03. The summed E-state index contributed by atoms with van der Waals surface area (Å²) in [6.07, 6.45) is 5.09. The van der Waals surface area contributed by atoms with E-state index in [2.05, 4.69) is 57.0 Å². The largest absolute Gasteiger partial charge is 0.370 e. The van der Waals surface area contributed by atoms with E-state index >= 15 is 0 Å². The Morgan fingerprint density at radius 3 is 2.92 bits per heavy atom. The van der Waals surface area contributed by atoms with Crippen molar-refractivity contribution < 1.29 is 0 Å². The first-order chi connectivity index (χ1) is 11.8. The Hall–Kier alpha value is -2.67. The fourth-order valence-corrected chi connectivity index (χ4v) is 3.04. The van der Waals surface area contributed by atoms with Crippen molar-refractivity contribution in [3.8, 4) is 5.69 Å². The first-order valence-electron chi connectivity index (χ1n) is 8.23. The lowest BCUT2D eigenvalue weighted by atomic mass is 10.1. The monoisotopic (exact) mass is 323 g/mol. The van der Waals surface area contributed by atoms with Gasteiger partial charge in [-0.05, 0) is 24.6 Å². The molecular formula is C17H21N7. The van der Waals surface area contributed by atoms with Crippen LogP contribution in [0.5, 0.6) is 0 Å². The van der Waals surface area contributed by atoms with Crippen molar-refractivity contribution >= 4 is 5.82 Å².